The number of nitrogens with one attached hydrogen (secondary N) is 1. The van der Waals surface area contributed by atoms with Crippen LogP contribution in [-0.2, 0) is 21.9 Å². The van der Waals surface area contributed by atoms with Crippen molar-refractivity contribution in [1.82, 2.24) is 10.2 Å². The van der Waals surface area contributed by atoms with Crippen molar-refractivity contribution in [3.8, 4) is 5.75 Å². The number of hydrogen-bond acceptors (Lipinski definition) is 4. The van der Waals surface area contributed by atoms with E-state index in [1.165, 1.54) is 11.8 Å². The normalized spacial score (nSPS) is 12.7. The highest BCUT2D eigenvalue weighted by atomic mass is 35.5. The number of halogens is 2. The van der Waals surface area contributed by atoms with Crippen molar-refractivity contribution in [3.63, 3.8) is 0 Å². The van der Waals surface area contributed by atoms with Gasteiger partial charge in [-0.1, -0.05) is 55.2 Å². The second-order valence-corrected chi connectivity index (χ2v) is 9.60. The van der Waals surface area contributed by atoms with E-state index in [9.17, 15) is 9.59 Å². The van der Waals surface area contributed by atoms with E-state index in [2.05, 4.69) is 5.32 Å². The lowest BCUT2D eigenvalue weighted by molar-refractivity contribution is -0.139. The van der Waals surface area contributed by atoms with Gasteiger partial charge in [-0.25, -0.2) is 0 Å². The first-order valence-electron chi connectivity index (χ1n) is 11.0. The first-order valence-corrected chi connectivity index (χ1v) is 12.9. The minimum absolute atomic E-state index is 0.0428. The monoisotopic (exact) mass is 510 g/mol. The van der Waals surface area contributed by atoms with Crippen LogP contribution in [0.4, 0.5) is 0 Å². The Morgan fingerprint density at radius 1 is 1.06 bits per heavy atom. The molecule has 1 N–H and O–H groups in total. The summed E-state index contributed by atoms with van der Waals surface area (Å²) < 4.78 is 5.23. The fourth-order valence-electron chi connectivity index (χ4n) is 3.28. The van der Waals surface area contributed by atoms with Gasteiger partial charge in [0.25, 0.3) is 0 Å². The molecule has 0 aliphatic carbocycles. The average molecular weight is 512 g/mol. The number of methoxy groups -OCH3 is 1. The highest BCUT2D eigenvalue weighted by Crippen LogP contribution is 2.28. The van der Waals surface area contributed by atoms with Crippen LogP contribution in [0.5, 0.6) is 5.75 Å². The molecule has 0 bridgehead atoms. The summed E-state index contributed by atoms with van der Waals surface area (Å²) >= 11 is 14.0. The van der Waals surface area contributed by atoms with E-state index >= 15 is 0 Å². The minimum atomic E-state index is -0.557. The molecular weight excluding hydrogens is 479 g/mol. The van der Waals surface area contributed by atoms with Gasteiger partial charge in [-0.3, -0.25) is 9.59 Å². The number of benzene rings is 2. The fourth-order valence-corrected chi connectivity index (χ4v) is 4.93. The van der Waals surface area contributed by atoms with Crippen molar-refractivity contribution in [1.29, 1.82) is 0 Å². The Morgan fingerprint density at radius 2 is 1.70 bits per heavy atom. The van der Waals surface area contributed by atoms with E-state index in [1.54, 1.807) is 30.2 Å². The van der Waals surface area contributed by atoms with Crippen LogP contribution in [0.25, 0.3) is 0 Å². The molecule has 5 nitrogen and oxygen atoms in total. The number of nitrogens with zero attached hydrogens (tertiary/aromatic N) is 1. The smallest absolute Gasteiger partial charge is 0.243 e. The summed E-state index contributed by atoms with van der Waals surface area (Å²) in [6, 6.07) is 12.4. The third-order valence-corrected chi connectivity index (χ3v) is 7.08. The molecule has 33 heavy (non-hydrogen) atoms. The summed E-state index contributed by atoms with van der Waals surface area (Å²) in [6.45, 7) is 6.24. The van der Waals surface area contributed by atoms with Crippen molar-refractivity contribution in [2.45, 2.75) is 58.0 Å². The van der Waals surface area contributed by atoms with E-state index in [4.69, 9.17) is 27.9 Å². The molecule has 2 aromatic carbocycles. The second kappa shape index (κ2) is 13.7. The van der Waals surface area contributed by atoms with Crippen LogP contribution in [0.1, 0.15) is 44.7 Å². The molecule has 0 spiro atoms. The summed E-state index contributed by atoms with van der Waals surface area (Å²) in [6.07, 6.45) is 1.34. The van der Waals surface area contributed by atoms with Crippen molar-refractivity contribution >= 4 is 46.8 Å². The predicted molar refractivity (Wildman–Crippen MR) is 138 cm³/mol. The maximum absolute atomic E-state index is 13.3. The number of amides is 2. The highest BCUT2D eigenvalue weighted by molar-refractivity contribution is 7.99. The number of ether oxygens (including phenoxy) is 1. The molecule has 0 unspecified atom stereocenters. The topological polar surface area (TPSA) is 58.6 Å². The Balaban J connectivity index is 2.18. The zero-order valence-electron chi connectivity index (χ0n) is 19.6. The zero-order chi connectivity index (χ0) is 24.4. The first kappa shape index (κ1) is 27.4. The molecule has 2 aromatic rings. The van der Waals surface area contributed by atoms with Crippen molar-refractivity contribution in [3.05, 3.63) is 63.6 Å². The molecule has 2 amide bonds. The highest BCUT2D eigenvalue weighted by Gasteiger charge is 2.29. The average Bonchev–Trinajstić information content (AvgIpc) is 2.81. The van der Waals surface area contributed by atoms with Gasteiger partial charge in [0.15, 0.2) is 0 Å². The summed E-state index contributed by atoms with van der Waals surface area (Å²) in [4.78, 5) is 28.0. The Hall–Kier alpha value is -1.89. The molecule has 0 saturated heterocycles. The van der Waals surface area contributed by atoms with Crippen LogP contribution >= 0.6 is 35.0 Å². The number of carbonyl (C=O) groups excluding carboxylic acids is 2. The summed E-state index contributed by atoms with van der Waals surface area (Å²) in [5.41, 5.74) is 1.74. The first-order chi connectivity index (χ1) is 15.8. The molecular formula is C25H32Cl2N2O3S. The van der Waals surface area contributed by atoms with Gasteiger partial charge in [0.05, 0.1) is 12.9 Å². The molecule has 0 heterocycles. The van der Waals surface area contributed by atoms with Gasteiger partial charge < -0.3 is 15.0 Å². The molecule has 180 valence electrons. The summed E-state index contributed by atoms with van der Waals surface area (Å²) in [5.74, 6) is 1.23. The lowest BCUT2D eigenvalue weighted by Crippen LogP contribution is -2.51. The van der Waals surface area contributed by atoms with Gasteiger partial charge in [0.1, 0.15) is 11.8 Å². The Bertz CT molecular complexity index is 904. The molecule has 0 fully saturated rings. The predicted octanol–water partition coefficient (Wildman–Crippen LogP) is 5.96. The van der Waals surface area contributed by atoms with Crippen molar-refractivity contribution < 1.29 is 14.3 Å². The van der Waals surface area contributed by atoms with Crippen LogP contribution in [0.15, 0.2) is 42.5 Å². The van der Waals surface area contributed by atoms with Gasteiger partial charge in [0, 0.05) is 28.4 Å². The Kier molecular flexibility index (Phi) is 11.4. The van der Waals surface area contributed by atoms with Gasteiger partial charge in [0.2, 0.25) is 11.8 Å². The maximum atomic E-state index is 13.3. The van der Waals surface area contributed by atoms with Crippen molar-refractivity contribution in [2.75, 3.05) is 12.9 Å². The van der Waals surface area contributed by atoms with E-state index in [1.807, 2.05) is 45.0 Å². The van der Waals surface area contributed by atoms with E-state index in [0.29, 0.717) is 28.8 Å². The van der Waals surface area contributed by atoms with Crippen LogP contribution < -0.4 is 10.1 Å². The van der Waals surface area contributed by atoms with Gasteiger partial charge in [-0.2, -0.15) is 0 Å². The van der Waals surface area contributed by atoms with Gasteiger partial charge in [-0.15, -0.1) is 11.8 Å². The number of rotatable bonds is 12. The lowest BCUT2D eigenvalue weighted by Gasteiger charge is -2.31. The molecule has 0 aliphatic heterocycles. The standard InChI is InChI=1S/C25H32Cl2N2O3S/c1-5-17(3)28-25(31)23(6-2)29(14-18-10-12-19(32-4)13-11-18)24(30)16-33-15-20-21(26)8-7-9-22(20)27/h7-13,17,23H,5-6,14-16H2,1-4H3,(H,28,31)/t17-,23-/m1/s1. The number of thioether (sulfide) groups is 1. The second-order valence-electron chi connectivity index (χ2n) is 7.80. The quantitative estimate of drug-likeness (QED) is 0.382. The number of carbonyl (C=O) groups is 2. The maximum Gasteiger partial charge on any atom is 0.243 e. The Labute approximate surface area is 211 Å². The lowest BCUT2D eigenvalue weighted by atomic mass is 10.1. The Morgan fingerprint density at radius 3 is 2.24 bits per heavy atom. The molecule has 0 aliphatic rings. The van der Waals surface area contributed by atoms with Crippen LogP contribution in [-0.4, -0.2) is 41.7 Å². The van der Waals surface area contributed by atoms with Crippen LogP contribution in [0, 0.1) is 0 Å². The molecule has 0 radical (unpaired) electrons. The summed E-state index contributed by atoms with van der Waals surface area (Å²) in [7, 11) is 1.61. The molecule has 8 heteroatoms. The third-order valence-electron chi connectivity index (χ3n) is 5.43. The molecule has 2 rings (SSSR count). The zero-order valence-corrected chi connectivity index (χ0v) is 21.9. The number of hydrogen-bond donors (Lipinski definition) is 1. The van der Waals surface area contributed by atoms with Crippen LogP contribution in [0.3, 0.4) is 0 Å². The van der Waals surface area contributed by atoms with Gasteiger partial charge >= 0.3 is 0 Å². The van der Waals surface area contributed by atoms with E-state index in [-0.39, 0.29) is 23.6 Å². The van der Waals surface area contributed by atoms with Crippen LogP contribution in [0.2, 0.25) is 10.0 Å². The largest absolute Gasteiger partial charge is 0.497 e. The molecule has 0 aromatic heterocycles. The summed E-state index contributed by atoms with van der Waals surface area (Å²) in [5, 5.41) is 4.18. The van der Waals surface area contributed by atoms with Gasteiger partial charge in [-0.05, 0) is 55.2 Å². The molecule has 0 saturated carbocycles. The van der Waals surface area contributed by atoms with E-state index < -0.39 is 6.04 Å². The molecule has 2 atom stereocenters. The fraction of sp³-hybridized carbons (Fsp3) is 0.440. The third kappa shape index (κ3) is 8.13. The van der Waals surface area contributed by atoms with E-state index in [0.717, 1.165) is 23.3 Å². The minimum Gasteiger partial charge on any atom is -0.497 e. The van der Waals surface area contributed by atoms with Crippen molar-refractivity contribution in [2.24, 2.45) is 0 Å². The SMILES string of the molecule is CC[C@@H](C)NC(=O)[C@@H](CC)N(Cc1ccc(OC)cc1)C(=O)CSCc1c(Cl)cccc1Cl.